The van der Waals surface area contributed by atoms with Gasteiger partial charge in [0, 0.05) is 5.69 Å². The van der Waals surface area contributed by atoms with Gasteiger partial charge in [-0.15, -0.1) is 5.10 Å². The van der Waals surface area contributed by atoms with Crippen LogP contribution in [0.1, 0.15) is 42.5 Å². The maximum absolute atomic E-state index is 12.1. The lowest BCUT2D eigenvalue weighted by Crippen LogP contribution is -2.21. The first-order chi connectivity index (χ1) is 10.7. The maximum Gasteiger partial charge on any atom is 0.271 e. The van der Waals surface area contributed by atoms with Crippen LogP contribution in [0.25, 0.3) is 0 Å². The Balaban J connectivity index is 2.04. The van der Waals surface area contributed by atoms with E-state index in [1.165, 1.54) is 10.2 Å². The van der Waals surface area contributed by atoms with Crippen molar-refractivity contribution in [2.75, 3.05) is 5.32 Å². The van der Waals surface area contributed by atoms with E-state index in [0.717, 1.165) is 0 Å². The van der Waals surface area contributed by atoms with E-state index in [4.69, 9.17) is 5.73 Å². The van der Waals surface area contributed by atoms with Crippen molar-refractivity contribution in [2.24, 2.45) is 5.73 Å². The van der Waals surface area contributed by atoms with Gasteiger partial charge in [-0.2, -0.15) is 0 Å². The molecule has 0 aliphatic heterocycles. The number of hydrogen-bond donors (Lipinski definition) is 2. The van der Waals surface area contributed by atoms with Gasteiger partial charge in [0.05, 0.1) is 5.69 Å². The van der Waals surface area contributed by atoms with Gasteiger partial charge in [-0.25, -0.2) is 4.68 Å². The minimum Gasteiger partial charge on any atom is -0.364 e. The number of amides is 2. The molecule has 1 aromatic carbocycles. The average Bonchev–Trinajstić information content (AvgIpc) is 2.80. The molecular weight excluding hydrogens is 294 g/mol. The predicted molar refractivity (Wildman–Crippen MR) is 87.0 cm³/mol. The van der Waals surface area contributed by atoms with Crippen molar-refractivity contribution in [3.8, 4) is 0 Å². The van der Waals surface area contributed by atoms with Gasteiger partial charge in [-0.3, -0.25) is 9.59 Å². The number of carbonyl (C=O) groups excluding carboxylic acids is 2. The molecule has 2 rings (SSSR count). The van der Waals surface area contributed by atoms with E-state index in [2.05, 4.69) is 36.4 Å². The van der Waals surface area contributed by atoms with Crippen LogP contribution in [0.5, 0.6) is 0 Å². The first kappa shape index (κ1) is 16.7. The summed E-state index contributed by atoms with van der Waals surface area (Å²) < 4.78 is 1.35. The molecule has 1 aromatic heterocycles. The van der Waals surface area contributed by atoms with Gasteiger partial charge in [0.2, 0.25) is 5.91 Å². The Bertz CT molecular complexity index is 726. The molecule has 2 aromatic rings. The summed E-state index contributed by atoms with van der Waals surface area (Å²) in [6.45, 7) is 8.00. The van der Waals surface area contributed by atoms with Gasteiger partial charge in [0.25, 0.3) is 5.91 Å². The minimum absolute atomic E-state index is 0.0346. The molecule has 0 radical (unpaired) electrons. The third-order valence-corrected chi connectivity index (χ3v) is 3.54. The molecule has 7 heteroatoms. The first-order valence-electron chi connectivity index (χ1n) is 7.29. The third-order valence-electron chi connectivity index (χ3n) is 3.54. The monoisotopic (exact) mass is 315 g/mol. The predicted octanol–water partition coefficient (Wildman–Crippen LogP) is 1.62. The van der Waals surface area contributed by atoms with Crippen molar-refractivity contribution in [3.05, 3.63) is 41.2 Å². The number of nitrogens with two attached hydrogens (primary N) is 1. The summed E-state index contributed by atoms with van der Waals surface area (Å²) in [7, 11) is 0. The van der Waals surface area contributed by atoms with E-state index >= 15 is 0 Å². The molecule has 0 aliphatic carbocycles. The van der Waals surface area contributed by atoms with Crippen LogP contribution in [0.3, 0.4) is 0 Å². The number of hydrogen-bond acceptors (Lipinski definition) is 4. The standard InChI is InChI=1S/C16H21N5O2/c1-10-14(15(17)23)19-20-21(10)9-13(22)18-12-7-5-11(6-8-12)16(2,3)4/h5-8H,9H2,1-4H3,(H2,17,23)(H,18,22). The molecule has 0 spiro atoms. The molecule has 0 fully saturated rings. The summed E-state index contributed by atoms with van der Waals surface area (Å²) >= 11 is 0. The number of carbonyl (C=O) groups is 2. The third kappa shape index (κ3) is 3.94. The summed E-state index contributed by atoms with van der Waals surface area (Å²) in [6.07, 6.45) is 0. The number of anilines is 1. The van der Waals surface area contributed by atoms with Gasteiger partial charge in [-0.05, 0) is 30.0 Å². The zero-order valence-corrected chi connectivity index (χ0v) is 13.8. The molecule has 0 unspecified atom stereocenters. The lowest BCUT2D eigenvalue weighted by Gasteiger charge is -2.19. The van der Waals surface area contributed by atoms with Crippen molar-refractivity contribution < 1.29 is 9.59 Å². The van der Waals surface area contributed by atoms with Gasteiger partial charge < -0.3 is 11.1 Å². The van der Waals surface area contributed by atoms with E-state index in [-0.39, 0.29) is 23.6 Å². The number of rotatable bonds is 4. The Morgan fingerprint density at radius 3 is 2.30 bits per heavy atom. The lowest BCUT2D eigenvalue weighted by atomic mass is 9.87. The molecule has 0 bridgehead atoms. The van der Waals surface area contributed by atoms with Crippen LogP contribution < -0.4 is 11.1 Å². The Labute approximate surface area is 134 Å². The zero-order valence-electron chi connectivity index (χ0n) is 13.8. The number of nitrogens with zero attached hydrogens (tertiary/aromatic N) is 3. The van der Waals surface area contributed by atoms with E-state index in [1.807, 2.05) is 24.3 Å². The van der Waals surface area contributed by atoms with Crippen LogP contribution in [-0.2, 0) is 16.8 Å². The summed E-state index contributed by atoms with van der Waals surface area (Å²) in [5, 5.41) is 10.2. The second-order valence-corrected chi connectivity index (χ2v) is 6.42. The lowest BCUT2D eigenvalue weighted by molar-refractivity contribution is -0.117. The molecule has 3 N–H and O–H groups in total. The molecule has 0 saturated heterocycles. The van der Waals surface area contributed by atoms with Gasteiger partial charge in [0.1, 0.15) is 6.54 Å². The van der Waals surface area contributed by atoms with Crippen LogP contribution >= 0.6 is 0 Å². The van der Waals surface area contributed by atoms with Gasteiger partial charge in [-0.1, -0.05) is 38.1 Å². The normalized spacial score (nSPS) is 11.3. The van der Waals surface area contributed by atoms with Gasteiger partial charge >= 0.3 is 0 Å². The Morgan fingerprint density at radius 1 is 1.22 bits per heavy atom. The quantitative estimate of drug-likeness (QED) is 0.894. The molecule has 122 valence electrons. The second kappa shape index (κ2) is 6.20. The molecule has 0 aliphatic rings. The molecule has 2 amide bonds. The summed E-state index contributed by atoms with van der Waals surface area (Å²) in [4.78, 5) is 23.2. The number of aromatic nitrogens is 3. The van der Waals surface area contributed by atoms with Crippen molar-refractivity contribution in [2.45, 2.75) is 39.7 Å². The smallest absolute Gasteiger partial charge is 0.271 e. The largest absolute Gasteiger partial charge is 0.364 e. The van der Waals surface area contributed by atoms with Crippen LogP contribution in [0.4, 0.5) is 5.69 Å². The van der Waals surface area contributed by atoms with E-state index < -0.39 is 5.91 Å². The van der Waals surface area contributed by atoms with Crippen molar-refractivity contribution in [1.29, 1.82) is 0 Å². The second-order valence-electron chi connectivity index (χ2n) is 6.42. The highest BCUT2D eigenvalue weighted by atomic mass is 16.2. The first-order valence-corrected chi connectivity index (χ1v) is 7.29. The maximum atomic E-state index is 12.1. The number of nitrogens with one attached hydrogen (secondary N) is 1. The highest BCUT2D eigenvalue weighted by molar-refractivity contribution is 5.92. The van der Waals surface area contributed by atoms with E-state index in [0.29, 0.717) is 11.4 Å². The van der Waals surface area contributed by atoms with Crippen LogP contribution in [-0.4, -0.2) is 26.8 Å². The molecular formula is C16H21N5O2. The van der Waals surface area contributed by atoms with Crippen molar-refractivity contribution in [1.82, 2.24) is 15.0 Å². The van der Waals surface area contributed by atoms with Gasteiger partial charge in [0.15, 0.2) is 5.69 Å². The fraction of sp³-hybridized carbons (Fsp3) is 0.375. The topological polar surface area (TPSA) is 103 Å². The highest BCUT2D eigenvalue weighted by Crippen LogP contribution is 2.23. The summed E-state index contributed by atoms with van der Waals surface area (Å²) in [5.74, 6) is -0.913. The van der Waals surface area contributed by atoms with E-state index in [1.54, 1.807) is 6.92 Å². The zero-order chi connectivity index (χ0) is 17.2. The average molecular weight is 315 g/mol. The van der Waals surface area contributed by atoms with Crippen LogP contribution in [0, 0.1) is 6.92 Å². The highest BCUT2D eigenvalue weighted by Gasteiger charge is 2.16. The van der Waals surface area contributed by atoms with Crippen molar-refractivity contribution in [3.63, 3.8) is 0 Å². The summed E-state index contributed by atoms with van der Waals surface area (Å²) in [5.41, 5.74) is 7.67. The van der Waals surface area contributed by atoms with Crippen LogP contribution in [0.15, 0.2) is 24.3 Å². The molecule has 1 heterocycles. The molecule has 7 nitrogen and oxygen atoms in total. The molecule has 0 atom stereocenters. The van der Waals surface area contributed by atoms with Crippen molar-refractivity contribution >= 4 is 17.5 Å². The molecule has 23 heavy (non-hydrogen) atoms. The Kier molecular flexibility index (Phi) is 4.49. The fourth-order valence-electron chi connectivity index (χ4n) is 2.13. The summed E-state index contributed by atoms with van der Waals surface area (Å²) in [6, 6.07) is 7.70. The van der Waals surface area contributed by atoms with Crippen LogP contribution in [0.2, 0.25) is 0 Å². The number of benzene rings is 1. The Hall–Kier alpha value is -2.70. The minimum atomic E-state index is -0.660. The molecule has 0 saturated carbocycles. The number of primary amides is 1. The van der Waals surface area contributed by atoms with E-state index in [9.17, 15) is 9.59 Å². The fourth-order valence-corrected chi connectivity index (χ4v) is 2.13. The Morgan fingerprint density at radius 2 is 1.83 bits per heavy atom. The SMILES string of the molecule is Cc1c(C(N)=O)nnn1CC(=O)Nc1ccc(C(C)(C)C)cc1.